The van der Waals surface area contributed by atoms with Crippen LogP contribution in [-0.2, 0) is 19.4 Å². The van der Waals surface area contributed by atoms with Gasteiger partial charge in [-0.15, -0.1) is 0 Å². The van der Waals surface area contributed by atoms with Gasteiger partial charge in [0, 0.05) is 16.6 Å². The van der Waals surface area contributed by atoms with Crippen molar-refractivity contribution in [1.29, 1.82) is 0 Å². The van der Waals surface area contributed by atoms with E-state index in [1.807, 2.05) is 24.3 Å². The fraction of sp³-hybridized carbons (Fsp3) is 0.375. The van der Waals surface area contributed by atoms with Gasteiger partial charge in [-0.05, 0) is 67.6 Å². The summed E-state index contributed by atoms with van der Waals surface area (Å²) in [6.07, 6.45) is 4.96. The highest BCUT2D eigenvalue weighted by molar-refractivity contribution is 5.87. The third kappa shape index (κ3) is 3.24. The zero-order valence-corrected chi connectivity index (χ0v) is 16.7. The Kier molecular flexibility index (Phi) is 4.66. The fourth-order valence-corrected chi connectivity index (χ4v) is 4.31. The van der Waals surface area contributed by atoms with Crippen molar-refractivity contribution < 1.29 is 13.9 Å². The number of hydrogen-bond donors (Lipinski definition) is 0. The van der Waals surface area contributed by atoms with Crippen LogP contribution < -0.4 is 20.0 Å². The van der Waals surface area contributed by atoms with Gasteiger partial charge in [0.1, 0.15) is 17.1 Å². The van der Waals surface area contributed by atoms with Crippen molar-refractivity contribution in [3.63, 3.8) is 0 Å². The fourth-order valence-electron chi connectivity index (χ4n) is 4.31. The highest BCUT2D eigenvalue weighted by atomic mass is 16.5. The number of benzene rings is 2. The first kappa shape index (κ1) is 18.1. The number of rotatable bonds is 5. The summed E-state index contributed by atoms with van der Waals surface area (Å²) in [5.41, 5.74) is 4.50. The lowest BCUT2D eigenvalue weighted by Gasteiger charge is -2.31. The molecular weight excluding hydrogens is 366 g/mol. The minimum atomic E-state index is -0.191. The molecule has 0 bridgehead atoms. The molecule has 5 nitrogen and oxygen atoms in total. The van der Waals surface area contributed by atoms with Gasteiger partial charge < -0.3 is 18.8 Å². The topological polar surface area (TPSA) is 51.9 Å². The van der Waals surface area contributed by atoms with E-state index in [4.69, 9.17) is 13.9 Å². The highest BCUT2D eigenvalue weighted by Gasteiger charge is 2.26. The number of fused-ring (bicyclic) bond motifs is 5. The molecule has 2 heterocycles. The number of nitrogens with zero attached hydrogens (tertiary/aromatic N) is 1. The second kappa shape index (κ2) is 7.47. The van der Waals surface area contributed by atoms with Crippen molar-refractivity contribution in [3.05, 3.63) is 63.5 Å². The minimum Gasteiger partial charge on any atom is -0.494 e. The average molecular weight is 391 g/mol. The monoisotopic (exact) mass is 391 g/mol. The van der Waals surface area contributed by atoms with Crippen molar-refractivity contribution in [2.45, 2.75) is 45.6 Å². The summed E-state index contributed by atoms with van der Waals surface area (Å²) in [7, 11) is 0. The van der Waals surface area contributed by atoms with E-state index in [2.05, 4.69) is 24.0 Å². The van der Waals surface area contributed by atoms with Crippen LogP contribution in [0.2, 0.25) is 0 Å². The Hall–Kier alpha value is -2.95. The lowest BCUT2D eigenvalue weighted by Crippen LogP contribution is -2.32. The van der Waals surface area contributed by atoms with E-state index in [9.17, 15) is 4.79 Å². The van der Waals surface area contributed by atoms with E-state index in [-0.39, 0.29) is 5.63 Å². The molecule has 150 valence electrons. The normalized spacial score (nSPS) is 15.1. The standard InChI is InChI=1S/C24H25NO4/c1-2-3-13-27-17-9-7-16(8-10-17)25-14-21-22(28-15-25)12-11-19-18-5-4-6-20(18)24(26)29-23(19)21/h7-12H,2-6,13-15H2,1H3. The van der Waals surface area contributed by atoms with Crippen LogP contribution >= 0.6 is 0 Å². The Bertz CT molecular complexity index is 1100. The summed E-state index contributed by atoms with van der Waals surface area (Å²) in [5.74, 6) is 1.68. The summed E-state index contributed by atoms with van der Waals surface area (Å²) in [6.45, 7) is 4.00. The second-order valence-electron chi connectivity index (χ2n) is 7.79. The van der Waals surface area contributed by atoms with Crippen molar-refractivity contribution in [2.24, 2.45) is 0 Å². The maximum Gasteiger partial charge on any atom is 0.339 e. The number of aryl methyl sites for hydroxylation is 1. The summed E-state index contributed by atoms with van der Waals surface area (Å²) < 4.78 is 17.5. The quantitative estimate of drug-likeness (QED) is 0.461. The molecule has 5 rings (SSSR count). The molecule has 0 fully saturated rings. The minimum absolute atomic E-state index is 0.191. The lowest BCUT2D eigenvalue weighted by atomic mass is 10.0. The zero-order chi connectivity index (χ0) is 19.8. The molecule has 1 aromatic heterocycles. The van der Waals surface area contributed by atoms with Crippen LogP contribution in [0.25, 0.3) is 11.0 Å². The Morgan fingerprint density at radius 2 is 1.86 bits per heavy atom. The smallest absolute Gasteiger partial charge is 0.339 e. The second-order valence-corrected chi connectivity index (χ2v) is 7.79. The molecule has 2 aliphatic rings. The molecule has 1 aliphatic carbocycles. The van der Waals surface area contributed by atoms with E-state index in [0.29, 0.717) is 18.9 Å². The van der Waals surface area contributed by atoms with Crippen LogP contribution in [0.5, 0.6) is 11.5 Å². The van der Waals surface area contributed by atoms with E-state index >= 15 is 0 Å². The Morgan fingerprint density at radius 1 is 1.03 bits per heavy atom. The lowest BCUT2D eigenvalue weighted by molar-refractivity contribution is 0.288. The molecule has 1 aliphatic heterocycles. The Labute approximate surface area is 169 Å². The summed E-state index contributed by atoms with van der Waals surface area (Å²) in [4.78, 5) is 14.6. The predicted molar refractivity (Wildman–Crippen MR) is 113 cm³/mol. The van der Waals surface area contributed by atoms with Crippen molar-refractivity contribution in [3.8, 4) is 11.5 Å². The molecule has 5 heteroatoms. The molecular formula is C24H25NO4. The summed E-state index contributed by atoms with van der Waals surface area (Å²) in [5, 5.41) is 1.06. The first-order chi connectivity index (χ1) is 14.2. The van der Waals surface area contributed by atoms with Gasteiger partial charge in [0.2, 0.25) is 0 Å². The molecule has 3 aromatic rings. The molecule has 29 heavy (non-hydrogen) atoms. The Morgan fingerprint density at radius 3 is 2.69 bits per heavy atom. The van der Waals surface area contributed by atoms with E-state index in [1.165, 1.54) is 0 Å². The van der Waals surface area contributed by atoms with Gasteiger partial charge in [0.05, 0.1) is 18.7 Å². The van der Waals surface area contributed by atoms with Crippen LogP contribution in [-0.4, -0.2) is 13.3 Å². The van der Waals surface area contributed by atoms with Crippen LogP contribution in [0.15, 0.2) is 45.6 Å². The van der Waals surface area contributed by atoms with Crippen LogP contribution in [0.4, 0.5) is 5.69 Å². The van der Waals surface area contributed by atoms with Gasteiger partial charge in [-0.3, -0.25) is 0 Å². The molecule has 0 atom stereocenters. The highest BCUT2D eigenvalue weighted by Crippen LogP contribution is 2.37. The zero-order valence-electron chi connectivity index (χ0n) is 16.7. The van der Waals surface area contributed by atoms with Gasteiger partial charge >= 0.3 is 5.63 Å². The van der Waals surface area contributed by atoms with E-state index in [0.717, 1.165) is 78.0 Å². The maximum absolute atomic E-state index is 12.5. The number of unbranched alkanes of at least 4 members (excludes halogenated alkanes) is 1. The number of anilines is 1. The molecule has 0 saturated carbocycles. The molecule has 0 radical (unpaired) electrons. The van der Waals surface area contributed by atoms with Gasteiger partial charge in [-0.25, -0.2) is 4.79 Å². The number of hydrogen-bond acceptors (Lipinski definition) is 5. The van der Waals surface area contributed by atoms with Gasteiger partial charge in [-0.2, -0.15) is 0 Å². The van der Waals surface area contributed by atoms with Crippen molar-refractivity contribution in [1.82, 2.24) is 0 Å². The number of ether oxygens (including phenoxy) is 2. The first-order valence-electron chi connectivity index (χ1n) is 10.5. The van der Waals surface area contributed by atoms with Crippen LogP contribution in [0, 0.1) is 0 Å². The van der Waals surface area contributed by atoms with Gasteiger partial charge in [0.25, 0.3) is 0 Å². The largest absolute Gasteiger partial charge is 0.494 e. The van der Waals surface area contributed by atoms with Crippen molar-refractivity contribution in [2.75, 3.05) is 18.2 Å². The maximum atomic E-state index is 12.5. The van der Waals surface area contributed by atoms with Gasteiger partial charge in [-0.1, -0.05) is 13.3 Å². The SMILES string of the molecule is CCCCOc1ccc(N2COc3ccc4c5c(c(=O)oc4c3C2)CCC5)cc1. The van der Waals surface area contributed by atoms with Gasteiger partial charge in [0.15, 0.2) is 6.73 Å². The van der Waals surface area contributed by atoms with Crippen LogP contribution in [0.3, 0.4) is 0 Å². The molecule has 0 N–H and O–H groups in total. The third-order valence-electron chi connectivity index (χ3n) is 5.89. The molecule has 2 aromatic carbocycles. The molecule has 0 amide bonds. The summed E-state index contributed by atoms with van der Waals surface area (Å²) >= 11 is 0. The molecule has 0 saturated heterocycles. The van der Waals surface area contributed by atoms with E-state index in [1.54, 1.807) is 0 Å². The summed E-state index contributed by atoms with van der Waals surface area (Å²) in [6, 6.07) is 12.1. The predicted octanol–water partition coefficient (Wildman–Crippen LogP) is 4.82. The first-order valence-corrected chi connectivity index (χ1v) is 10.5. The molecule has 0 unspecified atom stereocenters. The van der Waals surface area contributed by atoms with E-state index < -0.39 is 0 Å². The molecule has 0 spiro atoms. The Balaban J connectivity index is 1.45. The average Bonchev–Trinajstić information content (AvgIpc) is 3.25. The third-order valence-corrected chi connectivity index (χ3v) is 5.89. The van der Waals surface area contributed by atoms with Crippen LogP contribution in [0.1, 0.15) is 42.9 Å². The van der Waals surface area contributed by atoms with Crippen molar-refractivity contribution >= 4 is 16.7 Å².